The highest BCUT2D eigenvalue weighted by molar-refractivity contribution is 7.13. The molecule has 0 saturated heterocycles. The molecule has 11 nitrogen and oxygen atoms in total. The molecular weight excluding hydrogens is 671 g/mol. The second-order valence-corrected chi connectivity index (χ2v) is 13.2. The molecule has 0 unspecified atom stereocenters. The van der Waals surface area contributed by atoms with Gasteiger partial charge in [0.15, 0.2) is 5.82 Å². The predicted molar refractivity (Wildman–Crippen MR) is 188 cm³/mol. The molecule has 2 amide bonds. The minimum atomic E-state index is -1.04. The monoisotopic (exact) mass is 702 g/mol. The van der Waals surface area contributed by atoms with Gasteiger partial charge in [0.2, 0.25) is 5.91 Å². The third kappa shape index (κ3) is 6.64. The number of hydrogen-bond donors (Lipinski definition) is 3. The summed E-state index contributed by atoms with van der Waals surface area (Å²) in [5.74, 6) is -1.92. The number of ether oxygens (including phenoxy) is 1. The Morgan fingerprint density at radius 1 is 1.14 bits per heavy atom. The number of anilines is 2. The van der Waals surface area contributed by atoms with E-state index >= 15 is 4.39 Å². The quantitative estimate of drug-likeness (QED) is 0.177. The molecule has 2 bridgehead atoms. The molecule has 0 saturated carbocycles. The Morgan fingerprint density at radius 2 is 1.94 bits per heavy atom. The Kier molecular flexibility index (Phi) is 9.50. The summed E-state index contributed by atoms with van der Waals surface area (Å²) in [6.07, 6.45) is 3.42. The smallest absolute Gasteiger partial charge is 0.411 e. The van der Waals surface area contributed by atoms with Crippen molar-refractivity contribution in [1.82, 2.24) is 19.6 Å². The van der Waals surface area contributed by atoms with Gasteiger partial charge < -0.3 is 19.7 Å². The van der Waals surface area contributed by atoms with Gasteiger partial charge in [-0.3, -0.25) is 14.9 Å². The molecule has 2 aromatic carbocycles. The van der Waals surface area contributed by atoms with Gasteiger partial charge in [0.25, 0.3) is 5.56 Å². The predicted octanol–water partition coefficient (Wildman–Crippen LogP) is 7.15. The van der Waals surface area contributed by atoms with Gasteiger partial charge in [0.05, 0.1) is 54.0 Å². The molecule has 6 rings (SSSR count). The third-order valence-electron chi connectivity index (χ3n) is 8.51. The molecular formula is C35H32ClFN6O5S. The lowest BCUT2D eigenvalue weighted by Gasteiger charge is -2.24. The Balaban J connectivity index is 1.49. The number of carbonyl (C=O) groups is 2. The number of carbonyl (C=O) groups excluding carboxylic acids is 2. The van der Waals surface area contributed by atoms with E-state index in [1.807, 2.05) is 13.0 Å². The molecule has 0 radical (unpaired) electrons. The van der Waals surface area contributed by atoms with E-state index in [9.17, 15) is 19.5 Å². The summed E-state index contributed by atoms with van der Waals surface area (Å²) < 4.78 is 23.2. The van der Waals surface area contributed by atoms with E-state index < -0.39 is 41.4 Å². The number of hydrogen-bond acceptors (Lipinski definition) is 8. The van der Waals surface area contributed by atoms with Gasteiger partial charge in [-0.05, 0) is 67.3 Å². The van der Waals surface area contributed by atoms with Crippen molar-refractivity contribution in [1.29, 1.82) is 0 Å². The van der Waals surface area contributed by atoms with Crippen LogP contribution in [0, 0.1) is 11.7 Å². The van der Waals surface area contributed by atoms with Gasteiger partial charge in [-0.15, -0.1) is 16.4 Å². The van der Waals surface area contributed by atoms with E-state index in [0.29, 0.717) is 34.6 Å². The van der Waals surface area contributed by atoms with Crippen molar-refractivity contribution in [3.63, 3.8) is 0 Å². The normalized spacial score (nSPS) is 17.7. The zero-order valence-corrected chi connectivity index (χ0v) is 28.3. The summed E-state index contributed by atoms with van der Waals surface area (Å²) in [5.41, 5.74) is 3.34. The number of pyridine rings is 1. The number of amides is 2. The molecule has 3 atom stereocenters. The summed E-state index contributed by atoms with van der Waals surface area (Å²) in [4.78, 5) is 41.0. The second-order valence-electron chi connectivity index (χ2n) is 11.8. The van der Waals surface area contributed by atoms with Gasteiger partial charge >= 0.3 is 6.09 Å². The summed E-state index contributed by atoms with van der Waals surface area (Å²) >= 11 is 7.62. The molecule has 3 aromatic heterocycles. The van der Waals surface area contributed by atoms with Crippen LogP contribution < -0.4 is 16.2 Å². The molecule has 4 heterocycles. The number of aliphatic hydroxyl groups excluding tert-OH is 1. The van der Waals surface area contributed by atoms with Crippen LogP contribution in [0.25, 0.3) is 33.5 Å². The lowest BCUT2D eigenvalue weighted by Crippen LogP contribution is -2.32. The topological polar surface area (TPSA) is 140 Å². The first-order valence-electron chi connectivity index (χ1n) is 15.3. The van der Waals surface area contributed by atoms with Crippen LogP contribution >= 0.6 is 22.9 Å². The second kappa shape index (κ2) is 13.8. The van der Waals surface area contributed by atoms with Gasteiger partial charge in [0, 0.05) is 44.4 Å². The first-order chi connectivity index (χ1) is 23.5. The van der Waals surface area contributed by atoms with E-state index in [1.54, 1.807) is 54.2 Å². The highest BCUT2D eigenvalue weighted by Crippen LogP contribution is 2.44. The number of thiophene rings is 1. The van der Waals surface area contributed by atoms with E-state index in [1.165, 1.54) is 41.5 Å². The number of methoxy groups -OCH3 is 1. The van der Waals surface area contributed by atoms with Crippen LogP contribution in [-0.4, -0.2) is 49.9 Å². The van der Waals surface area contributed by atoms with Crippen LogP contribution in [0.2, 0.25) is 5.02 Å². The number of fused-ring (bicyclic) bond motifs is 4. The van der Waals surface area contributed by atoms with Crippen molar-refractivity contribution in [2.45, 2.75) is 38.8 Å². The molecule has 0 aliphatic carbocycles. The standard InChI is InChI=1S/C35H32ClFN6O5S/c1-18(2)33-23-17-29(49-33)26(9-10-28(44)19(3)34(46)40-25-16-21(5-6-22(23)25)39-35(47)48-4)42-13-11-20(15-30(42)45)31-27(43-14-12-38-41-43)8-7-24(36)32(31)37/h5-8,11-17,19,26,28,44H,1,9-10H2,2-4H3,(H,39,47)(H,40,46)/t19-,26+,28+/m1/s1. The lowest BCUT2D eigenvalue weighted by atomic mass is 9.94. The number of aliphatic hydroxyl groups is 1. The minimum Gasteiger partial charge on any atom is -0.453 e. The van der Waals surface area contributed by atoms with E-state index in [4.69, 9.17) is 16.3 Å². The fourth-order valence-corrected chi connectivity index (χ4v) is 7.27. The first kappa shape index (κ1) is 33.8. The Bertz CT molecular complexity index is 2150. The van der Waals surface area contributed by atoms with Crippen LogP contribution in [-0.2, 0) is 9.53 Å². The SMILES string of the molecule is C=C(C)c1sc2cc1-c1ccc(NC(=O)OC)cc1NC(=O)[C@H](C)[C@@H](O)CC[C@@H]2n1ccc(-c2c(-n3ccnn3)ccc(Cl)c2F)cc1=O. The molecule has 0 fully saturated rings. The molecule has 49 heavy (non-hydrogen) atoms. The molecule has 3 N–H and O–H groups in total. The number of nitrogens with zero attached hydrogens (tertiary/aromatic N) is 4. The first-order valence-corrected chi connectivity index (χ1v) is 16.5. The largest absolute Gasteiger partial charge is 0.453 e. The zero-order chi connectivity index (χ0) is 35.0. The summed E-state index contributed by atoms with van der Waals surface area (Å²) in [6.45, 7) is 7.69. The molecule has 14 heteroatoms. The van der Waals surface area contributed by atoms with Gasteiger partial charge in [-0.1, -0.05) is 36.4 Å². The molecule has 0 spiro atoms. The average molecular weight is 703 g/mol. The molecule has 5 aromatic rings. The highest BCUT2D eigenvalue weighted by Gasteiger charge is 2.29. The van der Waals surface area contributed by atoms with Crippen LogP contribution in [0.5, 0.6) is 0 Å². The molecule has 1 aliphatic heterocycles. The Labute approximate surface area is 289 Å². The van der Waals surface area contributed by atoms with Crippen molar-refractivity contribution in [2.24, 2.45) is 5.92 Å². The van der Waals surface area contributed by atoms with Gasteiger partial charge in [0.1, 0.15) is 0 Å². The highest BCUT2D eigenvalue weighted by atomic mass is 35.5. The van der Waals surface area contributed by atoms with E-state index in [2.05, 4.69) is 27.5 Å². The minimum absolute atomic E-state index is 0.0943. The summed E-state index contributed by atoms with van der Waals surface area (Å²) in [7, 11) is 1.25. The number of aromatic nitrogens is 4. The maximum absolute atomic E-state index is 15.5. The molecule has 252 valence electrons. The van der Waals surface area contributed by atoms with E-state index in [-0.39, 0.29) is 17.0 Å². The lowest BCUT2D eigenvalue weighted by molar-refractivity contribution is -0.122. The van der Waals surface area contributed by atoms with Crippen LogP contribution in [0.15, 0.2) is 78.5 Å². The van der Waals surface area contributed by atoms with Gasteiger partial charge in [-0.25, -0.2) is 13.9 Å². The van der Waals surface area contributed by atoms with E-state index in [0.717, 1.165) is 20.9 Å². The van der Waals surface area contributed by atoms with Crippen molar-refractivity contribution < 1.29 is 23.8 Å². The van der Waals surface area contributed by atoms with Crippen LogP contribution in [0.1, 0.15) is 42.5 Å². The van der Waals surface area contributed by atoms with Crippen molar-refractivity contribution >= 4 is 51.9 Å². The fraction of sp³-hybridized carbons (Fsp3) is 0.229. The van der Waals surface area contributed by atoms with Crippen molar-refractivity contribution in [3.05, 3.63) is 105 Å². The number of nitrogens with one attached hydrogen (secondary N) is 2. The van der Waals surface area contributed by atoms with Crippen LogP contribution in [0.4, 0.5) is 20.6 Å². The maximum atomic E-state index is 15.5. The Morgan fingerprint density at radius 3 is 2.63 bits per heavy atom. The number of halogens is 2. The number of benzene rings is 2. The average Bonchev–Trinajstić information content (AvgIpc) is 3.77. The van der Waals surface area contributed by atoms with Gasteiger partial charge in [-0.2, -0.15) is 0 Å². The third-order valence-corrected chi connectivity index (χ3v) is 10.2. The maximum Gasteiger partial charge on any atom is 0.411 e. The van der Waals surface area contributed by atoms with Crippen LogP contribution in [0.3, 0.4) is 0 Å². The fourth-order valence-electron chi connectivity index (χ4n) is 5.88. The van der Waals surface area contributed by atoms with Crippen molar-refractivity contribution in [3.8, 4) is 27.9 Å². The molecule has 1 aliphatic rings. The zero-order valence-electron chi connectivity index (χ0n) is 26.7. The Hall–Kier alpha value is -5.11. The summed E-state index contributed by atoms with van der Waals surface area (Å²) in [5, 5.41) is 24.4. The number of rotatable bonds is 5. The van der Waals surface area contributed by atoms with Crippen molar-refractivity contribution in [2.75, 3.05) is 17.7 Å². The summed E-state index contributed by atoms with van der Waals surface area (Å²) in [6, 6.07) is 12.5. The number of allylic oxidation sites excluding steroid dienone is 1.